The molecule has 25 heavy (non-hydrogen) atoms. The third kappa shape index (κ3) is 3.53. The molecule has 1 saturated heterocycles. The second-order valence-corrected chi connectivity index (χ2v) is 9.23. The van der Waals surface area contributed by atoms with E-state index in [-0.39, 0.29) is 5.75 Å². The van der Waals surface area contributed by atoms with Gasteiger partial charge in [-0.15, -0.1) is 5.10 Å². The van der Waals surface area contributed by atoms with Gasteiger partial charge in [0, 0.05) is 20.1 Å². The van der Waals surface area contributed by atoms with Crippen LogP contribution in [0, 0.1) is 0 Å². The molecule has 2 aromatic rings. The Balaban J connectivity index is 1.64. The van der Waals surface area contributed by atoms with Gasteiger partial charge in [-0.3, -0.25) is 10.1 Å². The molecule has 3 rings (SSSR count). The van der Waals surface area contributed by atoms with Gasteiger partial charge in [0.05, 0.1) is 23.3 Å². The molecule has 2 aromatic heterocycles. The van der Waals surface area contributed by atoms with Crippen molar-refractivity contribution in [3.05, 3.63) is 24.2 Å². The zero-order chi connectivity index (χ0) is 18.1. The molecule has 0 unspecified atom stereocenters. The molecule has 2 N–H and O–H groups in total. The second-order valence-electron chi connectivity index (χ2n) is 6.48. The van der Waals surface area contributed by atoms with Crippen molar-refractivity contribution in [1.82, 2.24) is 25.4 Å². The number of aliphatic imine (C=N–C) groups is 1. The van der Waals surface area contributed by atoms with Crippen LogP contribution in [0.5, 0.6) is 0 Å². The van der Waals surface area contributed by atoms with E-state index < -0.39 is 14.6 Å². The molecule has 136 valence electrons. The maximum atomic E-state index is 12.1. The Morgan fingerprint density at radius 1 is 1.52 bits per heavy atom. The summed E-state index contributed by atoms with van der Waals surface area (Å²) in [6.45, 7) is 4.69. The van der Waals surface area contributed by atoms with Crippen LogP contribution in [0.15, 0.2) is 27.8 Å². The molecule has 0 aromatic carbocycles. The monoisotopic (exact) mass is 366 g/mol. The fraction of sp³-hybridized carbons (Fsp3) is 0.533. The lowest BCUT2D eigenvalue weighted by molar-refractivity contribution is 0.353. The summed E-state index contributed by atoms with van der Waals surface area (Å²) >= 11 is 0. The Hall–Kier alpha value is -2.36. The normalized spacial score (nSPS) is 19.8. The maximum absolute atomic E-state index is 12.1. The Morgan fingerprint density at radius 2 is 2.32 bits per heavy atom. The lowest BCUT2D eigenvalue weighted by Crippen LogP contribution is -2.57. The first kappa shape index (κ1) is 17.5. The molecule has 0 atom stereocenters. The molecular weight excluding hydrogens is 344 g/mol. The van der Waals surface area contributed by atoms with Crippen LogP contribution >= 0.6 is 0 Å². The van der Waals surface area contributed by atoms with Crippen LogP contribution in [-0.2, 0) is 16.4 Å². The summed E-state index contributed by atoms with van der Waals surface area (Å²) in [6.07, 6.45) is 1.57. The van der Waals surface area contributed by atoms with Crippen LogP contribution in [0.1, 0.15) is 19.7 Å². The van der Waals surface area contributed by atoms with E-state index in [9.17, 15) is 8.42 Å². The van der Waals surface area contributed by atoms with Gasteiger partial charge >= 0.3 is 0 Å². The number of rotatable bonds is 3. The maximum Gasteiger partial charge on any atom is 0.216 e. The van der Waals surface area contributed by atoms with Gasteiger partial charge in [-0.25, -0.2) is 13.4 Å². The van der Waals surface area contributed by atoms with Gasteiger partial charge in [0.25, 0.3) is 0 Å². The van der Waals surface area contributed by atoms with Gasteiger partial charge in [0.2, 0.25) is 5.82 Å². The number of nitrogens with one attached hydrogen (secondary N) is 2. The highest BCUT2D eigenvalue weighted by molar-refractivity contribution is 7.92. The number of furan rings is 1. The van der Waals surface area contributed by atoms with E-state index in [4.69, 9.17) is 4.42 Å². The Labute approximate surface area is 146 Å². The van der Waals surface area contributed by atoms with Gasteiger partial charge in [0.15, 0.2) is 21.6 Å². The van der Waals surface area contributed by atoms with Crippen molar-refractivity contribution in [3.8, 4) is 11.6 Å². The summed E-state index contributed by atoms with van der Waals surface area (Å²) in [6, 6.07) is 3.56. The van der Waals surface area contributed by atoms with E-state index in [1.165, 1.54) is 0 Å². The fourth-order valence-electron chi connectivity index (χ4n) is 2.71. The highest BCUT2D eigenvalue weighted by atomic mass is 32.2. The van der Waals surface area contributed by atoms with Crippen molar-refractivity contribution in [3.63, 3.8) is 0 Å². The minimum Gasteiger partial charge on any atom is -0.461 e. The molecule has 0 aliphatic carbocycles. The van der Waals surface area contributed by atoms with Gasteiger partial charge in [-0.2, -0.15) is 0 Å². The number of sulfone groups is 1. The van der Waals surface area contributed by atoms with Crippen molar-refractivity contribution in [2.24, 2.45) is 4.99 Å². The smallest absolute Gasteiger partial charge is 0.216 e. The summed E-state index contributed by atoms with van der Waals surface area (Å²) in [4.78, 5) is 10.6. The van der Waals surface area contributed by atoms with Gasteiger partial charge < -0.3 is 14.6 Å². The van der Waals surface area contributed by atoms with Crippen molar-refractivity contribution in [1.29, 1.82) is 0 Å². The van der Waals surface area contributed by atoms with E-state index >= 15 is 0 Å². The molecule has 0 spiro atoms. The van der Waals surface area contributed by atoms with Crippen molar-refractivity contribution in [2.75, 3.05) is 25.9 Å². The van der Waals surface area contributed by atoms with E-state index in [0.717, 1.165) is 0 Å². The average Bonchev–Trinajstić information content (AvgIpc) is 3.22. The largest absolute Gasteiger partial charge is 0.461 e. The van der Waals surface area contributed by atoms with Crippen LogP contribution in [0.2, 0.25) is 0 Å². The van der Waals surface area contributed by atoms with Gasteiger partial charge in [-0.1, -0.05) is 0 Å². The number of nitrogens with zero attached hydrogens (tertiary/aromatic N) is 4. The first-order chi connectivity index (χ1) is 11.8. The third-order valence-electron chi connectivity index (χ3n) is 4.24. The molecule has 0 amide bonds. The number of guanidine groups is 1. The molecular formula is C15H22N6O3S. The van der Waals surface area contributed by atoms with Crippen LogP contribution in [0.25, 0.3) is 11.6 Å². The first-order valence-electron chi connectivity index (χ1n) is 7.95. The SMILES string of the molecule is CN=C(NCc1nc(-c2ccco2)n[nH]1)N1CCS(=O)(=O)C(C)(C)C1. The van der Waals surface area contributed by atoms with E-state index in [1.807, 2.05) is 4.90 Å². The molecule has 10 heteroatoms. The summed E-state index contributed by atoms with van der Waals surface area (Å²) < 4.78 is 28.7. The van der Waals surface area contributed by atoms with E-state index in [1.54, 1.807) is 39.3 Å². The number of aromatic nitrogens is 3. The first-order valence-corrected chi connectivity index (χ1v) is 9.61. The number of hydrogen-bond acceptors (Lipinski definition) is 6. The van der Waals surface area contributed by atoms with Crippen LogP contribution < -0.4 is 5.32 Å². The third-order valence-corrected chi connectivity index (χ3v) is 6.78. The summed E-state index contributed by atoms with van der Waals surface area (Å²) in [7, 11) is -1.41. The molecule has 3 heterocycles. The topological polar surface area (TPSA) is 116 Å². The molecule has 0 radical (unpaired) electrons. The molecule has 1 fully saturated rings. The number of hydrogen-bond donors (Lipinski definition) is 2. The van der Waals surface area contributed by atoms with E-state index in [2.05, 4.69) is 25.5 Å². The highest BCUT2D eigenvalue weighted by Crippen LogP contribution is 2.23. The van der Waals surface area contributed by atoms with Crippen molar-refractivity contribution in [2.45, 2.75) is 25.1 Å². The van der Waals surface area contributed by atoms with Crippen LogP contribution in [0.3, 0.4) is 0 Å². The van der Waals surface area contributed by atoms with Gasteiger partial charge in [-0.05, 0) is 26.0 Å². The molecule has 1 aliphatic rings. The second kappa shape index (κ2) is 6.51. The summed E-state index contributed by atoms with van der Waals surface area (Å²) in [5.74, 6) is 2.47. The zero-order valence-electron chi connectivity index (χ0n) is 14.5. The Morgan fingerprint density at radius 3 is 2.96 bits per heavy atom. The molecule has 0 saturated carbocycles. The highest BCUT2D eigenvalue weighted by Gasteiger charge is 2.40. The predicted octanol–water partition coefficient (Wildman–Crippen LogP) is 0.649. The van der Waals surface area contributed by atoms with E-state index in [0.29, 0.717) is 43.0 Å². The summed E-state index contributed by atoms with van der Waals surface area (Å²) in [5, 5.41) is 10.2. The lowest BCUT2D eigenvalue weighted by atomic mass is 10.2. The van der Waals surface area contributed by atoms with Crippen molar-refractivity contribution >= 4 is 15.8 Å². The fourth-order valence-corrected chi connectivity index (χ4v) is 4.08. The molecule has 1 aliphatic heterocycles. The minimum absolute atomic E-state index is 0.117. The summed E-state index contributed by atoms with van der Waals surface area (Å²) in [5.41, 5.74) is 0. The molecule has 0 bridgehead atoms. The number of aromatic amines is 1. The van der Waals surface area contributed by atoms with Crippen LogP contribution in [0.4, 0.5) is 0 Å². The zero-order valence-corrected chi connectivity index (χ0v) is 15.3. The number of H-pyrrole nitrogens is 1. The predicted molar refractivity (Wildman–Crippen MR) is 93.7 cm³/mol. The van der Waals surface area contributed by atoms with Crippen LogP contribution in [-0.4, -0.2) is 65.1 Å². The standard InChI is InChI=1S/C15H22N6O3S/c1-15(2)10-21(6-8-25(15,22)23)14(16-3)17-9-12-18-13(20-19-12)11-5-4-7-24-11/h4-5,7H,6,8-10H2,1-3H3,(H,16,17)(H,18,19,20). The molecule has 9 nitrogen and oxygen atoms in total. The quantitative estimate of drug-likeness (QED) is 0.605. The van der Waals surface area contributed by atoms with Gasteiger partial charge in [0.1, 0.15) is 5.82 Å². The average molecular weight is 366 g/mol. The Kier molecular flexibility index (Phi) is 4.55. The minimum atomic E-state index is -3.09. The lowest BCUT2D eigenvalue weighted by Gasteiger charge is -2.39. The van der Waals surface area contributed by atoms with Crippen molar-refractivity contribution < 1.29 is 12.8 Å². The Bertz CT molecular complexity index is 854.